The molecule has 0 saturated carbocycles. The van der Waals surface area contributed by atoms with Gasteiger partial charge in [0.25, 0.3) is 5.91 Å². The summed E-state index contributed by atoms with van der Waals surface area (Å²) in [5.74, 6) is 0.138. The fourth-order valence-corrected chi connectivity index (χ4v) is 3.81. The van der Waals surface area contributed by atoms with E-state index in [0.29, 0.717) is 31.4 Å². The molecule has 2 aromatic heterocycles. The molecule has 8 nitrogen and oxygen atoms in total. The van der Waals surface area contributed by atoms with Gasteiger partial charge in [-0.25, -0.2) is 9.67 Å². The quantitative estimate of drug-likeness (QED) is 0.376. The number of halogens is 1. The van der Waals surface area contributed by atoms with Crippen LogP contribution in [0.25, 0.3) is 16.7 Å². The van der Waals surface area contributed by atoms with Gasteiger partial charge in [0.15, 0.2) is 5.69 Å². The summed E-state index contributed by atoms with van der Waals surface area (Å²) in [4.78, 5) is 17.6. The number of imidazole rings is 1. The molecule has 1 N–H and O–H groups in total. The number of aryl methyl sites for hydroxylation is 1. The van der Waals surface area contributed by atoms with Crippen LogP contribution < -0.4 is 5.32 Å². The van der Waals surface area contributed by atoms with Crippen molar-refractivity contribution >= 4 is 38.8 Å². The number of para-hydroxylation sites is 2. The molecular weight excluding hydrogens is 460 g/mol. The van der Waals surface area contributed by atoms with Crippen LogP contribution in [-0.4, -0.2) is 43.7 Å². The third-order valence-electron chi connectivity index (χ3n) is 4.92. The standard InChI is InChI=1S/C22H23BrN6O2/c1-3-31-13-7-12-28-19-11-5-4-10-18(19)24-22(28)25-21(30)20-15(2)29(27-26-20)17-9-6-8-16(23)14-17/h4-6,8-11,14H,3,7,12-13H2,1-2H3,(H,24,25,30). The van der Waals surface area contributed by atoms with E-state index < -0.39 is 0 Å². The number of amides is 1. The number of aromatic nitrogens is 5. The highest BCUT2D eigenvalue weighted by Crippen LogP contribution is 2.22. The number of nitrogens with zero attached hydrogens (tertiary/aromatic N) is 5. The second kappa shape index (κ2) is 9.40. The second-order valence-corrected chi connectivity index (χ2v) is 7.91. The Labute approximate surface area is 188 Å². The average Bonchev–Trinajstić information content (AvgIpc) is 3.31. The molecule has 0 aliphatic heterocycles. The van der Waals surface area contributed by atoms with Gasteiger partial charge in [0.1, 0.15) is 0 Å². The minimum absolute atomic E-state index is 0.257. The van der Waals surface area contributed by atoms with Crippen molar-refractivity contribution in [1.82, 2.24) is 24.5 Å². The summed E-state index contributed by atoms with van der Waals surface area (Å²) < 4.78 is 10.0. The van der Waals surface area contributed by atoms with Gasteiger partial charge in [0, 0.05) is 24.2 Å². The van der Waals surface area contributed by atoms with Gasteiger partial charge in [-0.3, -0.25) is 10.1 Å². The van der Waals surface area contributed by atoms with Gasteiger partial charge in [0.05, 0.1) is 22.4 Å². The molecule has 31 heavy (non-hydrogen) atoms. The van der Waals surface area contributed by atoms with E-state index in [9.17, 15) is 4.79 Å². The van der Waals surface area contributed by atoms with Crippen molar-refractivity contribution in [3.8, 4) is 5.69 Å². The van der Waals surface area contributed by atoms with Crippen molar-refractivity contribution in [2.24, 2.45) is 0 Å². The van der Waals surface area contributed by atoms with E-state index in [-0.39, 0.29) is 11.6 Å². The van der Waals surface area contributed by atoms with Gasteiger partial charge < -0.3 is 9.30 Å². The minimum Gasteiger partial charge on any atom is -0.382 e. The zero-order valence-electron chi connectivity index (χ0n) is 17.4. The number of carbonyl (C=O) groups is 1. The van der Waals surface area contributed by atoms with Gasteiger partial charge >= 0.3 is 0 Å². The van der Waals surface area contributed by atoms with Crippen LogP contribution in [-0.2, 0) is 11.3 Å². The lowest BCUT2D eigenvalue weighted by Gasteiger charge is -2.10. The van der Waals surface area contributed by atoms with Gasteiger partial charge in [-0.2, -0.15) is 0 Å². The molecule has 2 aromatic carbocycles. The Bertz CT molecular complexity index is 1220. The topological polar surface area (TPSA) is 86.9 Å². The van der Waals surface area contributed by atoms with Crippen LogP contribution >= 0.6 is 15.9 Å². The Balaban J connectivity index is 1.60. The Hall–Kier alpha value is -3.04. The number of fused-ring (bicyclic) bond motifs is 1. The molecule has 0 spiro atoms. The van der Waals surface area contributed by atoms with E-state index >= 15 is 0 Å². The molecule has 9 heteroatoms. The van der Waals surface area contributed by atoms with Gasteiger partial charge in [-0.05, 0) is 50.6 Å². The maximum Gasteiger partial charge on any atom is 0.280 e. The van der Waals surface area contributed by atoms with Gasteiger partial charge in [-0.15, -0.1) is 5.10 Å². The van der Waals surface area contributed by atoms with E-state index in [1.165, 1.54) is 0 Å². The molecule has 4 rings (SSSR count). The predicted molar refractivity (Wildman–Crippen MR) is 123 cm³/mol. The lowest BCUT2D eigenvalue weighted by molar-refractivity contribution is 0.102. The highest BCUT2D eigenvalue weighted by molar-refractivity contribution is 9.10. The van der Waals surface area contributed by atoms with Crippen molar-refractivity contribution in [3.05, 3.63) is 64.4 Å². The molecule has 0 fully saturated rings. The molecule has 1 amide bonds. The summed E-state index contributed by atoms with van der Waals surface area (Å²) in [6.45, 7) is 5.81. The number of hydrogen-bond acceptors (Lipinski definition) is 5. The first-order chi connectivity index (χ1) is 15.1. The molecule has 0 aliphatic rings. The summed E-state index contributed by atoms with van der Waals surface area (Å²) in [5.41, 5.74) is 3.51. The molecule has 0 atom stereocenters. The van der Waals surface area contributed by atoms with Crippen molar-refractivity contribution < 1.29 is 9.53 Å². The second-order valence-electron chi connectivity index (χ2n) is 7.00. The van der Waals surface area contributed by atoms with Crippen molar-refractivity contribution in [1.29, 1.82) is 0 Å². The molecule has 160 valence electrons. The Morgan fingerprint density at radius 2 is 2.03 bits per heavy atom. The summed E-state index contributed by atoms with van der Waals surface area (Å²) >= 11 is 3.46. The number of hydrogen-bond donors (Lipinski definition) is 1. The minimum atomic E-state index is -0.347. The average molecular weight is 483 g/mol. The molecule has 0 saturated heterocycles. The number of nitrogens with one attached hydrogen (secondary N) is 1. The molecule has 0 aliphatic carbocycles. The van der Waals surface area contributed by atoms with E-state index in [1.807, 2.05) is 66.9 Å². The summed E-state index contributed by atoms with van der Waals surface area (Å²) in [7, 11) is 0. The van der Waals surface area contributed by atoms with Crippen molar-refractivity contribution in [2.75, 3.05) is 18.5 Å². The van der Waals surface area contributed by atoms with E-state index in [0.717, 1.165) is 27.6 Å². The van der Waals surface area contributed by atoms with E-state index in [1.54, 1.807) is 4.68 Å². The maximum atomic E-state index is 13.0. The first-order valence-electron chi connectivity index (χ1n) is 10.1. The molecule has 0 unspecified atom stereocenters. The molecule has 0 bridgehead atoms. The Morgan fingerprint density at radius 1 is 1.19 bits per heavy atom. The van der Waals surface area contributed by atoms with Crippen molar-refractivity contribution in [2.45, 2.75) is 26.8 Å². The molecule has 0 radical (unpaired) electrons. The number of carbonyl (C=O) groups excluding carboxylic acids is 1. The summed E-state index contributed by atoms with van der Waals surface area (Å²) in [5, 5.41) is 11.2. The molecular formula is C22H23BrN6O2. The normalized spacial score (nSPS) is 11.2. The number of rotatable bonds is 8. The van der Waals surface area contributed by atoms with Crippen molar-refractivity contribution in [3.63, 3.8) is 0 Å². The first-order valence-corrected chi connectivity index (χ1v) is 10.9. The fourth-order valence-electron chi connectivity index (χ4n) is 3.42. The fraction of sp³-hybridized carbons (Fsp3) is 0.273. The highest BCUT2D eigenvalue weighted by atomic mass is 79.9. The van der Waals surface area contributed by atoms with E-state index in [4.69, 9.17) is 4.74 Å². The Morgan fingerprint density at radius 3 is 2.84 bits per heavy atom. The zero-order valence-corrected chi connectivity index (χ0v) is 19.0. The van der Waals surface area contributed by atoms with Gasteiger partial charge in [0.2, 0.25) is 5.95 Å². The third-order valence-corrected chi connectivity index (χ3v) is 5.41. The number of ether oxygens (including phenoxy) is 1. The smallest absolute Gasteiger partial charge is 0.280 e. The zero-order chi connectivity index (χ0) is 21.8. The molecule has 4 aromatic rings. The van der Waals surface area contributed by atoms with Crippen LogP contribution in [0.15, 0.2) is 53.0 Å². The summed E-state index contributed by atoms with van der Waals surface area (Å²) in [6, 6.07) is 15.5. The first kappa shape index (κ1) is 21.2. The lowest BCUT2D eigenvalue weighted by Crippen LogP contribution is -2.18. The third kappa shape index (κ3) is 4.52. The van der Waals surface area contributed by atoms with Crippen LogP contribution in [0.1, 0.15) is 29.5 Å². The largest absolute Gasteiger partial charge is 0.382 e. The molecule has 2 heterocycles. The van der Waals surface area contributed by atoms with Crippen LogP contribution in [0.4, 0.5) is 5.95 Å². The Kier molecular flexibility index (Phi) is 6.43. The number of anilines is 1. The van der Waals surface area contributed by atoms with Crippen LogP contribution in [0, 0.1) is 6.92 Å². The van der Waals surface area contributed by atoms with Crippen LogP contribution in [0.2, 0.25) is 0 Å². The predicted octanol–water partition coefficient (Wildman–Crippen LogP) is 4.37. The van der Waals surface area contributed by atoms with Gasteiger partial charge in [-0.1, -0.05) is 39.3 Å². The summed E-state index contributed by atoms with van der Waals surface area (Å²) in [6.07, 6.45) is 0.815. The monoisotopic (exact) mass is 482 g/mol. The van der Waals surface area contributed by atoms with Crippen LogP contribution in [0.3, 0.4) is 0 Å². The SMILES string of the molecule is CCOCCCn1c(NC(=O)c2nnn(-c3cccc(Br)c3)c2C)nc2ccccc21. The lowest BCUT2D eigenvalue weighted by atomic mass is 10.3. The highest BCUT2D eigenvalue weighted by Gasteiger charge is 2.20. The maximum absolute atomic E-state index is 13.0. The van der Waals surface area contributed by atoms with E-state index in [2.05, 4.69) is 36.5 Å². The number of benzene rings is 2. The van der Waals surface area contributed by atoms with Crippen LogP contribution in [0.5, 0.6) is 0 Å².